The summed E-state index contributed by atoms with van der Waals surface area (Å²) in [5.74, 6) is -2.94. The Bertz CT molecular complexity index is 839. The largest absolute Gasteiger partial charge is 0.494 e. The molecule has 0 aliphatic heterocycles. The molecule has 2 rings (SSSR count). The number of unbranched alkanes of at least 4 members (excludes halogenated alkanes) is 4. The van der Waals surface area contributed by atoms with E-state index in [1.165, 1.54) is 24.8 Å². The molecule has 8 heteroatoms. The topological polar surface area (TPSA) is 64.6 Å². The maximum Gasteiger partial charge on any atom is 0.491 e. The van der Waals surface area contributed by atoms with E-state index in [-0.39, 0.29) is 13.0 Å². The van der Waals surface area contributed by atoms with Crippen molar-refractivity contribution in [2.45, 2.75) is 57.7 Å². The van der Waals surface area contributed by atoms with Crippen LogP contribution in [0.15, 0.2) is 54.6 Å². The number of halogens is 3. The predicted octanol–water partition coefficient (Wildman–Crippen LogP) is 5.37. The third kappa shape index (κ3) is 11.5. The lowest BCUT2D eigenvalue weighted by molar-refractivity contribution is -0.201. The Labute approximate surface area is 192 Å². The summed E-state index contributed by atoms with van der Waals surface area (Å²) in [4.78, 5) is 21.8. The van der Waals surface area contributed by atoms with Crippen molar-refractivity contribution in [2.24, 2.45) is 0 Å². The highest BCUT2D eigenvalue weighted by Crippen LogP contribution is 2.17. The summed E-state index contributed by atoms with van der Waals surface area (Å²) in [5, 5.41) is 2.92. The SMILES string of the molecule is O=C(CCNCc1ccc(OCCCCCCCc2ccccc2)cc1)OC(=O)C(F)(F)F. The van der Waals surface area contributed by atoms with E-state index < -0.39 is 18.1 Å². The number of aryl methyl sites for hydroxylation is 1. The molecule has 0 bridgehead atoms. The van der Waals surface area contributed by atoms with Gasteiger partial charge in [0, 0.05) is 13.1 Å². The van der Waals surface area contributed by atoms with Crippen molar-refractivity contribution in [1.82, 2.24) is 5.32 Å². The number of hydrogen-bond acceptors (Lipinski definition) is 5. The van der Waals surface area contributed by atoms with Gasteiger partial charge in [0.15, 0.2) is 0 Å². The minimum absolute atomic E-state index is 0.0908. The average molecular weight is 466 g/mol. The van der Waals surface area contributed by atoms with Crippen molar-refractivity contribution >= 4 is 11.9 Å². The van der Waals surface area contributed by atoms with E-state index in [0.29, 0.717) is 13.2 Å². The highest BCUT2D eigenvalue weighted by atomic mass is 19.4. The smallest absolute Gasteiger partial charge is 0.491 e. The van der Waals surface area contributed by atoms with Crippen molar-refractivity contribution in [3.05, 3.63) is 65.7 Å². The predicted molar refractivity (Wildman–Crippen MR) is 119 cm³/mol. The number of rotatable bonds is 14. The molecule has 5 nitrogen and oxygen atoms in total. The maximum absolute atomic E-state index is 12.0. The van der Waals surface area contributed by atoms with Crippen LogP contribution in [0.1, 0.15) is 49.7 Å². The Kier molecular flexibility index (Phi) is 11.4. The Morgan fingerprint density at radius 3 is 2.18 bits per heavy atom. The first-order chi connectivity index (χ1) is 15.8. The lowest BCUT2D eigenvalue weighted by atomic mass is 10.1. The van der Waals surface area contributed by atoms with E-state index in [0.717, 1.165) is 30.6 Å². The van der Waals surface area contributed by atoms with Crippen LogP contribution < -0.4 is 10.1 Å². The summed E-state index contributed by atoms with van der Waals surface area (Å²) in [6.45, 7) is 1.17. The van der Waals surface area contributed by atoms with Gasteiger partial charge in [-0.3, -0.25) is 4.79 Å². The molecule has 33 heavy (non-hydrogen) atoms. The molecule has 0 aromatic heterocycles. The van der Waals surface area contributed by atoms with Crippen molar-refractivity contribution < 1.29 is 32.2 Å². The van der Waals surface area contributed by atoms with E-state index in [1.54, 1.807) is 0 Å². The third-order valence-corrected chi connectivity index (χ3v) is 4.92. The molecule has 0 aliphatic carbocycles. The van der Waals surface area contributed by atoms with Gasteiger partial charge in [0.25, 0.3) is 0 Å². The van der Waals surface area contributed by atoms with Crippen molar-refractivity contribution in [1.29, 1.82) is 0 Å². The van der Waals surface area contributed by atoms with E-state index in [4.69, 9.17) is 4.74 Å². The van der Waals surface area contributed by atoms with Crippen molar-refractivity contribution in [3.8, 4) is 5.75 Å². The molecule has 0 spiro atoms. The standard InChI is InChI=1S/C25H30F3NO4/c26-25(27,28)24(31)33-23(30)16-17-29-19-21-12-14-22(15-13-21)32-18-8-3-1-2-5-9-20-10-6-4-7-11-20/h4,6-7,10-15,29H,1-3,5,8-9,16-19H2. The number of carbonyl (C=O) groups is 2. The van der Waals surface area contributed by atoms with Crippen LogP contribution in [0.25, 0.3) is 0 Å². The molecule has 0 saturated heterocycles. The van der Waals surface area contributed by atoms with Gasteiger partial charge in [0.1, 0.15) is 5.75 Å². The molecule has 0 atom stereocenters. The number of hydrogen-bond donors (Lipinski definition) is 1. The monoisotopic (exact) mass is 465 g/mol. The first-order valence-corrected chi connectivity index (χ1v) is 11.1. The highest BCUT2D eigenvalue weighted by Gasteiger charge is 2.42. The second-order valence-corrected chi connectivity index (χ2v) is 7.68. The molecule has 1 N–H and O–H groups in total. The molecule has 180 valence electrons. The molecular weight excluding hydrogens is 435 g/mol. The summed E-state index contributed by atoms with van der Waals surface area (Å²) in [6.07, 6.45) is 1.36. The van der Waals surface area contributed by atoms with Crippen molar-refractivity contribution in [2.75, 3.05) is 13.2 Å². The number of esters is 2. The van der Waals surface area contributed by atoms with Crippen LogP contribution in [-0.2, 0) is 27.3 Å². The zero-order valence-corrected chi connectivity index (χ0v) is 18.5. The van der Waals surface area contributed by atoms with E-state index >= 15 is 0 Å². The van der Waals surface area contributed by atoms with Crippen LogP contribution >= 0.6 is 0 Å². The van der Waals surface area contributed by atoms with Crippen LogP contribution in [0.5, 0.6) is 5.75 Å². The maximum atomic E-state index is 12.0. The Morgan fingerprint density at radius 1 is 0.818 bits per heavy atom. The number of nitrogens with one attached hydrogen (secondary N) is 1. The minimum atomic E-state index is -5.17. The van der Waals surface area contributed by atoms with Crippen LogP contribution in [0, 0.1) is 0 Å². The van der Waals surface area contributed by atoms with Gasteiger partial charge < -0.3 is 14.8 Å². The van der Waals surface area contributed by atoms with Crippen molar-refractivity contribution in [3.63, 3.8) is 0 Å². The van der Waals surface area contributed by atoms with Gasteiger partial charge in [-0.2, -0.15) is 13.2 Å². The summed E-state index contributed by atoms with van der Waals surface area (Å²) < 4.78 is 45.5. The highest BCUT2D eigenvalue weighted by molar-refractivity contribution is 5.88. The van der Waals surface area contributed by atoms with E-state index in [2.05, 4.69) is 34.3 Å². The molecule has 0 heterocycles. The average Bonchev–Trinajstić information content (AvgIpc) is 2.79. The molecule has 0 fully saturated rings. The molecule has 0 aliphatic rings. The molecule has 2 aromatic carbocycles. The van der Waals surface area contributed by atoms with Crippen LogP contribution in [0.4, 0.5) is 13.2 Å². The second kappa shape index (κ2) is 14.3. The number of carbonyl (C=O) groups excluding carboxylic acids is 2. The Hall–Kier alpha value is -2.87. The lowest BCUT2D eigenvalue weighted by Crippen LogP contribution is -2.29. The second-order valence-electron chi connectivity index (χ2n) is 7.68. The molecular formula is C25H30F3NO4. The Balaban J connectivity index is 1.49. The fourth-order valence-electron chi connectivity index (χ4n) is 3.14. The lowest BCUT2D eigenvalue weighted by Gasteiger charge is -2.09. The normalized spacial score (nSPS) is 11.2. The number of ether oxygens (including phenoxy) is 2. The fourth-order valence-corrected chi connectivity index (χ4v) is 3.14. The van der Waals surface area contributed by atoms with Gasteiger partial charge in [0.05, 0.1) is 13.0 Å². The number of benzene rings is 2. The van der Waals surface area contributed by atoms with Crippen LogP contribution in [0.2, 0.25) is 0 Å². The Morgan fingerprint density at radius 2 is 1.48 bits per heavy atom. The van der Waals surface area contributed by atoms with Gasteiger partial charge in [-0.1, -0.05) is 61.7 Å². The number of alkyl halides is 3. The summed E-state index contributed by atoms with van der Waals surface area (Å²) in [6, 6.07) is 18.0. The zero-order valence-electron chi connectivity index (χ0n) is 18.5. The van der Waals surface area contributed by atoms with Gasteiger partial charge in [-0.05, 0) is 42.5 Å². The first kappa shape index (κ1) is 26.4. The third-order valence-electron chi connectivity index (χ3n) is 4.92. The first-order valence-electron chi connectivity index (χ1n) is 11.1. The van der Waals surface area contributed by atoms with Gasteiger partial charge in [-0.15, -0.1) is 0 Å². The van der Waals surface area contributed by atoms with E-state index in [9.17, 15) is 22.8 Å². The molecule has 2 aromatic rings. The van der Waals surface area contributed by atoms with Gasteiger partial charge in [-0.25, -0.2) is 4.79 Å². The summed E-state index contributed by atoms with van der Waals surface area (Å²) >= 11 is 0. The zero-order chi connectivity index (χ0) is 23.9. The molecule has 0 radical (unpaired) electrons. The fraction of sp³-hybridized carbons (Fsp3) is 0.440. The van der Waals surface area contributed by atoms with Crippen LogP contribution in [-0.4, -0.2) is 31.3 Å². The summed E-state index contributed by atoms with van der Waals surface area (Å²) in [5.41, 5.74) is 2.32. The quantitative estimate of drug-likeness (QED) is 0.231. The van der Waals surface area contributed by atoms with Gasteiger partial charge in [0.2, 0.25) is 0 Å². The molecule has 0 unspecified atom stereocenters. The van der Waals surface area contributed by atoms with Gasteiger partial charge >= 0.3 is 18.1 Å². The summed E-state index contributed by atoms with van der Waals surface area (Å²) in [7, 11) is 0. The van der Waals surface area contributed by atoms with Crippen LogP contribution in [0.3, 0.4) is 0 Å². The van der Waals surface area contributed by atoms with E-state index in [1.807, 2.05) is 30.3 Å². The molecule has 0 saturated carbocycles. The minimum Gasteiger partial charge on any atom is -0.494 e. The molecule has 0 amide bonds.